The van der Waals surface area contributed by atoms with Crippen molar-refractivity contribution in [3.05, 3.63) is 64.8 Å². The first-order valence-electron chi connectivity index (χ1n) is 8.86. The van der Waals surface area contributed by atoms with E-state index in [4.69, 9.17) is 9.26 Å². The standard InChI is InChI=1S/C19H21N5O3/c1-13-18(14(2)27-21-13)19(25)23-9-17(10-23)24-8-16(20-22-24)12-26-11-15-6-4-3-5-7-15/h3-8,17H,9-12H2,1-2H3. The van der Waals surface area contributed by atoms with Gasteiger partial charge in [-0.3, -0.25) is 4.79 Å². The Balaban J connectivity index is 1.28. The summed E-state index contributed by atoms with van der Waals surface area (Å²) in [7, 11) is 0. The van der Waals surface area contributed by atoms with E-state index in [1.807, 2.05) is 36.5 Å². The van der Waals surface area contributed by atoms with E-state index in [9.17, 15) is 4.79 Å². The summed E-state index contributed by atoms with van der Waals surface area (Å²) in [5, 5.41) is 12.2. The Kier molecular flexibility index (Phi) is 4.72. The molecule has 0 atom stereocenters. The van der Waals surface area contributed by atoms with Gasteiger partial charge < -0.3 is 14.2 Å². The number of ether oxygens (including phenoxy) is 1. The number of aryl methyl sites for hydroxylation is 2. The van der Waals surface area contributed by atoms with Crippen molar-refractivity contribution in [3.63, 3.8) is 0 Å². The molecule has 0 unspecified atom stereocenters. The molecule has 8 heteroatoms. The number of rotatable bonds is 6. The minimum Gasteiger partial charge on any atom is -0.370 e. The lowest BCUT2D eigenvalue weighted by atomic mass is 10.1. The van der Waals surface area contributed by atoms with Crippen LogP contribution in [0, 0.1) is 13.8 Å². The van der Waals surface area contributed by atoms with Crippen LogP contribution in [0.25, 0.3) is 0 Å². The zero-order chi connectivity index (χ0) is 18.8. The smallest absolute Gasteiger partial charge is 0.259 e. The van der Waals surface area contributed by atoms with E-state index in [0.29, 0.717) is 43.3 Å². The van der Waals surface area contributed by atoms with Crippen LogP contribution in [0.3, 0.4) is 0 Å². The van der Waals surface area contributed by atoms with Gasteiger partial charge in [-0.2, -0.15) is 0 Å². The molecule has 0 radical (unpaired) electrons. The first-order valence-corrected chi connectivity index (χ1v) is 8.86. The molecule has 4 rings (SSSR count). The molecule has 1 fully saturated rings. The van der Waals surface area contributed by atoms with Crippen molar-refractivity contribution < 1.29 is 14.1 Å². The molecule has 1 aliphatic rings. The molecule has 1 saturated heterocycles. The summed E-state index contributed by atoms with van der Waals surface area (Å²) in [6.45, 7) is 5.66. The van der Waals surface area contributed by atoms with Crippen LogP contribution in [-0.2, 0) is 18.0 Å². The number of hydrogen-bond acceptors (Lipinski definition) is 6. The third-order valence-electron chi connectivity index (χ3n) is 4.69. The Morgan fingerprint density at radius 2 is 2.00 bits per heavy atom. The van der Waals surface area contributed by atoms with E-state index in [0.717, 1.165) is 11.3 Å². The quantitative estimate of drug-likeness (QED) is 0.664. The molecular formula is C19H21N5O3. The van der Waals surface area contributed by atoms with Crippen LogP contribution in [0.2, 0.25) is 0 Å². The van der Waals surface area contributed by atoms with Gasteiger partial charge in [-0.05, 0) is 19.4 Å². The highest BCUT2D eigenvalue weighted by atomic mass is 16.5. The Morgan fingerprint density at radius 3 is 2.70 bits per heavy atom. The molecule has 2 aromatic heterocycles. The number of nitrogens with zero attached hydrogens (tertiary/aromatic N) is 5. The summed E-state index contributed by atoms with van der Waals surface area (Å²) >= 11 is 0. The molecule has 0 N–H and O–H groups in total. The van der Waals surface area contributed by atoms with Crippen LogP contribution >= 0.6 is 0 Å². The van der Waals surface area contributed by atoms with Gasteiger partial charge in [0.1, 0.15) is 17.0 Å². The third kappa shape index (κ3) is 3.61. The molecular weight excluding hydrogens is 346 g/mol. The van der Waals surface area contributed by atoms with Crippen molar-refractivity contribution in [1.29, 1.82) is 0 Å². The number of aromatic nitrogens is 4. The maximum atomic E-state index is 12.5. The number of carbonyl (C=O) groups is 1. The first-order chi connectivity index (χ1) is 13.1. The molecule has 3 aromatic rings. The zero-order valence-corrected chi connectivity index (χ0v) is 15.3. The maximum Gasteiger partial charge on any atom is 0.259 e. The molecule has 0 aliphatic carbocycles. The predicted molar refractivity (Wildman–Crippen MR) is 95.9 cm³/mol. The second-order valence-corrected chi connectivity index (χ2v) is 6.73. The Hall–Kier alpha value is -3.00. The van der Waals surface area contributed by atoms with E-state index in [2.05, 4.69) is 15.5 Å². The van der Waals surface area contributed by atoms with Crippen LogP contribution in [-0.4, -0.2) is 44.0 Å². The van der Waals surface area contributed by atoms with Crippen molar-refractivity contribution in [2.45, 2.75) is 33.1 Å². The second kappa shape index (κ2) is 7.32. The fraction of sp³-hybridized carbons (Fsp3) is 0.368. The second-order valence-electron chi connectivity index (χ2n) is 6.73. The monoisotopic (exact) mass is 367 g/mol. The molecule has 140 valence electrons. The van der Waals surface area contributed by atoms with Crippen LogP contribution in [0.5, 0.6) is 0 Å². The number of carbonyl (C=O) groups excluding carboxylic acids is 1. The van der Waals surface area contributed by atoms with Crippen molar-refractivity contribution in [2.24, 2.45) is 0 Å². The highest BCUT2D eigenvalue weighted by molar-refractivity contribution is 5.96. The van der Waals surface area contributed by atoms with Crippen molar-refractivity contribution in [3.8, 4) is 0 Å². The average molecular weight is 367 g/mol. The molecule has 3 heterocycles. The average Bonchev–Trinajstić information content (AvgIpc) is 3.21. The van der Waals surface area contributed by atoms with E-state index >= 15 is 0 Å². The molecule has 8 nitrogen and oxygen atoms in total. The summed E-state index contributed by atoms with van der Waals surface area (Å²) in [6, 6.07) is 10.1. The van der Waals surface area contributed by atoms with E-state index in [1.165, 1.54) is 0 Å². The van der Waals surface area contributed by atoms with Crippen LogP contribution in [0.15, 0.2) is 41.1 Å². The minimum absolute atomic E-state index is 0.0472. The first kappa shape index (κ1) is 17.4. The molecule has 0 spiro atoms. The van der Waals surface area contributed by atoms with Gasteiger partial charge in [0, 0.05) is 13.1 Å². The van der Waals surface area contributed by atoms with Crippen LogP contribution in [0.4, 0.5) is 0 Å². The largest absolute Gasteiger partial charge is 0.370 e. The van der Waals surface area contributed by atoms with Gasteiger partial charge in [0.15, 0.2) is 0 Å². The SMILES string of the molecule is Cc1noc(C)c1C(=O)N1CC(n2cc(COCc3ccccc3)nn2)C1. The minimum atomic E-state index is -0.0472. The fourth-order valence-corrected chi connectivity index (χ4v) is 3.14. The van der Waals surface area contributed by atoms with Crippen molar-refractivity contribution in [2.75, 3.05) is 13.1 Å². The van der Waals surface area contributed by atoms with Gasteiger partial charge in [0.05, 0.1) is 31.1 Å². The van der Waals surface area contributed by atoms with Gasteiger partial charge in [0.2, 0.25) is 0 Å². The lowest BCUT2D eigenvalue weighted by Gasteiger charge is -2.38. The summed E-state index contributed by atoms with van der Waals surface area (Å²) in [5.74, 6) is 0.508. The number of amides is 1. The Bertz CT molecular complexity index is 908. The summed E-state index contributed by atoms with van der Waals surface area (Å²) in [4.78, 5) is 14.3. The van der Waals surface area contributed by atoms with Gasteiger partial charge in [0.25, 0.3) is 5.91 Å². The van der Waals surface area contributed by atoms with Crippen LogP contribution in [0.1, 0.15) is 39.1 Å². The Labute approximate surface area is 156 Å². The lowest BCUT2D eigenvalue weighted by Crippen LogP contribution is -2.51. The molecule has 27 heavy (non-hydrogen) atoms. The normalized spacial score (nSPS) is 14.4. The number of benzene rings is 1. The molecule has 0 saturated carbocycles. The zero-order valence-electron chi connectivity index (χ0n) is 15.3. The highest BCUT2D eigenvalue weighted by Crippen LogP contribution is 2.25. The molecule has 1 aliphatic heterocycles. The van der Waals surface area contributed by atoms with E-state index < -0.39 is 0 Å². The molecule has 1 aromatic carbocycles. The number of likely N-dealkylation sites (tertiary alicyclic amines) is 1. The fourth-order valence-electron chi connectivity index (χ4n) is 3.14. The van der Waals surface area contributed by atoms with Crippen molar-refractivity contribution >= 4 is 5.91 Å². The predicted octanol–water partition coefficient (Wildman–Crippen LogP) is 2.30. The topological polar surface area (TPSA) is 86.3 Å². The van der Waals surface area contributed by atoms with Gasteiger partial charge in [-0.1, -0.05) is 40.7 Å². The summed E-state index contributed by atoms with van der Waals surface area (Å²) in [6.07, 6.45) is 1.88. The Morgan fingerprint density at radius 1 is 1.22 bits per heavy atom. The molecule has 0 bridgehead atoms. The van der Waals surface area contributed by atoms with Gasteiger partial charge in [-0.15, -0.1) is 5.10 Å². The lowest BCUT2D eigenvalue weighted by molar-refractivity contribution is 0.0495. The van der Waals surface area contributed by atoms with Gasteiger partial charge >= 0.3 is 0 Å². The maximum absolute atomic E-state index is 12.5. The summed E-state index contributed by atoms with van der Waals surface area (Å²) < 4.78 is 12.6. The number of hydrogen-bond donors (Lipinski definition) is 0. The summed E-state index contributed by atoms with van der Waals surface area (Å²) in [5.41, 5.74) is 3.08. The van der Waals surface area contributed by atoms with E-state index in [1.54, 1.807) is 23.4 Å². The van der Waals surface area contributed by atoms with Crippen LogP contribution < -0.4 is 0 Å². The van der Waals surface area contributed by atoms with Crippen molar-refractivity contribution in [1.82, 2.24) is 25.1 Å². The third-order valence-corrected chi connectivity index (χ3v) is 4.69. The van der Waals surface area contributed by atoms with E-state index in [-0.39, 0.29) is 11.9 Å². The molecule has 1 amide bonds. The highest BCUT2D eigenvalue weighted by Gasteiger charge is 2.35. The van der Waals surface area contributed by atoms with Gasteiger partial charge in [-0.25, -0.2) is 4.68 Å².